The summed E-state index contributed by atoms with van der Waals surface area (Å²) in [6.07, 6.45) is 2.79. The number of nitrogens with zero attached hydrogens (tertiary/aromatic N) is 2. The van der Waals surface area contributed by atoms with Crippen LogP contribution in [0.4, 0.5) is 11.5 Å². The second-order valence-electron chi connectivity index (χ2n) is 2.97. The van der Waals surface area contributed by atoms with Gasteiger partial charge in [0.15, 0.2) is 10.8 Å². The maximum Gasteiger partial charge on any atom is 0.280 e. The molecule has 84 valence electrons. The highest BCUT2D eigenvalue weighted by Gasteiger charge is 2.17. The van der Waals surface area contributed by atoms with Crippen molar-refractivity contribution in [3.63, 3.8) is 0 Å². The van der Waals surface area contributed by atoms with Crippen molar-refractivity contribution in [3.8, 4) is 0 Å². The third-order valence-electron chi connectivity index (χ3n) is 1.83. The lowest BCUT2D eigenvalue weighted by molar-refractivity contribution is 0.597. The SMILES string of the molecule is Nc1cccnc1NS(=O)(=O)c1ccn[nH]1. The molecule has 7 nitrogen and oxygen atoms in total. The standard InChI is InChI=1S/C8H9N5O2S/c9-6-2-1-4-10-8(6)13-16(14,15)7-3-5-11-12-7/h1-5H,9H2,(H,10,13)(H,11,12). The summed E-state index contributed by atoms with van der Waals surface area (Å²) >= 11 is 0. The van der Waals surface area contributed by atoms with Crippen molar-refractivity contribution in [2.75, 3.05) is 10.5 Å². The van der Waals surface area contributed by atoms with Gasteiger partial charge in [0.1, 0.15) is 0 Å². The Balaban J connectivity index is 2.33. The number of nitrogens with two attached hydrogens (primary N) is 1. The number of aromatic amines is 1. The molecule has 2 rings (SSSR count). The number of hydrogen-bond donors (Lipinski definition) is 3. The molecule has 2 aromatic heterocycles. The van der Waals surface area contributed by atoms with Gasteiger partial charge in [-0.15, -0.1) is 0 Å². The molecule has 8 heteroatoms. The summed E-state index contributed by atoms with van der Waals surface area (Å²) in [7, 11) is -3.70. The van der Waals surface area contributed by atoms with Crippen LogP contribution in [0.25, 0.3) is 0 Å². The zero-order chi connectivity index (χ0) is 11.6. The van der Waals surface area contributed by atoms with Crippen LogP contribution in [0.15, 0.2) is 35.6 Å². The van der Waals surface area contributed by atoms with E-state index < -0.39 is 10.0 Å². The van der Waals surface area contributed by atoms with E-state index >= 15 is 0 Å². The van der Waals surface area contributed by atoms with Gasteiger partial charge in [0, 0.05) is 6.20 Å². The first kappa shape index (κ1) is 10.4. The summed E-state index contributed by atoms with van der Waals surface area (Å²) in [6, 6.07) is 4.50. The van der Waals surface area contributed by atoms with Crippen molar-refractivity contribution < 1.29 is 8.42 Å². The van der Waals surface area contributed by atoms with E-state index in [0.29, 0.717) is 0 Å². The van der Waals surface area contributed by atoms with E-state index in [-0.39, 0.29) is 16.5 Å². The molecule has 0 amide bonds. The molecule has 0 saturated carbocycles. The number of nitrogens with one attached hydrogen (secondary N) is 2. The van der Waals surface area contributed by atoms with Crippen LogP contribution in [0.3, 0.4) is 0 Å². The topological polar surface area (TPSA) is 114 Å². The summed E-state index contributed by atoms with van der Waals surface area (Å²) in [4.78, 5) is 3.82. The minimum atomic E-state index is -3.70. The Labute approximate surface area is 91.8 Å². The Bertz CT molecular complexity index is 578. The summed E-state index contributed by atoms with van der Waals surface area (Å²) < 4.78 is 25.7. The summed E-state index contributed by atoms with van der Waals surface area (Å²) in [5.74, 6) is 0.0945. The Kier molecular flexibility index (Phi) is 2.49. The minimum Gasteiger partial charge on any atom is -0.396 e. The molecule has 2 heterocycles. The van der Waals surface area contributed by atoms with Crippen LogP contribution < -0.4 is 10.5 Å². The van der Waals surface area contributed by atoms with Gasteiger partial charge in [-0.1, -0.05) is 0 Å². The first-order valence-corrected chi connectivity index (χ1v) is 5.80. The average molecular weight is 239 g/mol. The molecular formula is C8H9N5O2S. The molecule has 16 heavy (non-hydrogen) atoms. The lowest BCUT2D eigenvalue weighted by Gasteiger charge is -2.06. The fourth-order valence-electron chi connectivity index (χ4n) is 1.08. The van der Waals surface area contributed by atoms with Crippen molar-refractivity contribution in [1.82, 2.24) is 15.2 Å². The summed E-state index contributed by atoms with van der Waals surface area (Å²) in [6.45, 7) is 0. The van der Waals surface area contributed by atoms with Gasteiger partial charge in [-0.05, 0) is 18.2 Å². The van der Waals surface area contributed by atoms with E-state index in [1.54, 1.807) is 12.1 Å². The van der Waals surface area contributed by atoms with E-state index in [0.717, 1.165) is 0 Å². The van der Waals surface area contributed by atoms with E-state index in [1.807, 2.05) is 0 Å². The molecule has 2 aromatic rings. The highest BCUT2D eigenvalue weighted by molar-refractivity contribution is 7.92. The Morgan fingerprint density at radius 3 is 2.75 bits per heavy atom. The van der Waals surface area contributed by atoms with Crippen molar-refractivity contribution in [2.24, 2.45) is 0 Å². The summed E-state index contributed by atoms with van der Waals surface area (Å²) in [5.41, 5.74) is 5.82. The molecule has 4 N–H and O–H groups in total. The highest BCUT2D eigenvalue weighted by Crippen LogP contribution is 2.17. The highest BCUT2D eigenvalue weighted by atomic mass is 32.2. The fraction of sp³-hybridized carbons (Fsp3) is 0. The van der Waals surface area contributed by atoms with Crippen LogP contribution in [0.5, 0.6) is 0 Å². The largest absolute Gasteiger partial charge is 0.396 e. The van der Waals surface area contributed by atoms with Gasteiger partial charge in [-0.3, -0.25) is 9.82 Å². The third-order valence-corrected chi connectivity index (χ3v) is 3.10. The van der Waals surface area contributed by atoms with Crippen molar-refractivity contribution in [2.45, 2.75) is 5.03 Å². The number of H-pyrrole nitrogens is 1. The molecule has 0 aliphatic carbocycles. The molecule has 0 saturated heterocycles. The van der Waals surface area contributed by atoms with Crippen LogP contribution >= 0.6 is 0 Å². The van der Waals surface area contributed by atoms with Gasteiger partial charge < -0.3 is 5.73 Å². The number of aromatic nitrogens is 3. The van der Waals surface area contributed by atoms with Gasteiger partial charge in [0.25, 0.3) is 10.0 Å². The minimum absolute atomic E-state index is 0.0439. The van der Waals surface area contributed by atoms with Crippen LogP contribution in [-0.2, 0) is 10.0 Å². The lowest BCUT2D eigenvalue weighted by atomic mass is 10.4. The van der Waals surface area contributed by atoms with Crippen molar-refractivity contribution in [3.05, 3.63) is 30.6 Å². The molecule has 0 aromatic carbocycles. The molecule has 0 aliphatic rings. The maximum atomic E-state index is 11.7. The zero-order valence-electron chi connectivity index (χ0n) is 8.08. The monoisotopic (exact) mass is 239 g/mol. The van der Waals surface area contributed by atoms with Crippen LogP contribution in [0.1, 0.15) is 0 Å². The van der Waals surface area contributed by atoms with E-state index in [4.69, 9.17) is 5.73 Å². The predicted molar refractivity (Wildman–Crippen MR) is 58.0 cm³/mol. The van der Waals surface area contributed by atoms with E-state index in [9.17, 15) is 8.42 Å². The van der Waals surface area contributed by atoms with Crippen LogP contribution in [0.2, 0.25) is 0 Å². The number of nitrogen functional groups attached to an aromatic ring is 1. The molecule has 0 bridgehead atoms. The van der Waals surface area contributed by atoms with Gasteiger partial charge in [0.2, 0.25) is 0 Å². The first-order chi connectivity index (χ1) is 7.59. The number of pyridine rings is 1. The maximum absolute atomic E-state index is 11.7. The number of hydrogen-bond acceptors (Lipinski definition) is 5. The fourth-order valence-corrected chi connectivity index (χ4v) is 2.03. The molecule has 0 spiro atoms. The quantitative estimate of drug-likeness (QED) is 0.707. The van der Waals surface area contributed by atoms with E-state index in [2.05, 4.69) is 19.9 Å². The third kappa shape index (κ3) is 1.96. The van der Waals surface area contributed by atoms with Gasteiger partial charge in [0.05, 0.1) is 11.9 Å². The first-order valence-electron chi connectivity index (χ1n) is 4.32. The number of sulfonamides is 1. The van der Waals surface area contributed by atoms with Crippen LogP contribution in [0, 0.1) is 0 Å². The smallest absolute Gasteiger partial charge is 0.280 e. The predicted octanol–water partition coefficient (Wildman–Crippen LogP) is 0.188. The zero-order valence-corrected chi connectivity index (χ0v) is 8.90. The van der Waals surface area contributed by atoms with Gasteiger partial charge >= 0.3 is 0 Å². The molecule has 0 unspecified atom stereocenters. The molecular weight excluding hydrogens is 230 g/mol. The average Bonchev–Trinajstić information content (AvgIpc) is 2.75. The second kappa shape index (κ2) is 3.81. The van der Waals surface area contributed by atoms with Crippen molar-refractivity contribution in [1.29, 1.82) is 0 Å². The second-order valence-corrected chi connectivity index (χ2v) is 4.62. The Morgan fingerprint density at radius 1 is 1.31 bits per heavy atom. The molecule has 0 aliphatic heterocycles. The molecule has 0 radical (unpaired) electrons. The summed E-state index contributed by atoms with van der Waals surface area (Å²) in [5, 5.41) is 5.86. The van der Waals surface area contributed by atoms with E-state index in [1.165, 1.54) is 18.5 Å². The van der Waals surface area contributed by atoms with Gasteiger partial charge in [-0.2, -0.15) is 13.5 Å². The number of rotatable bonds is 3. The lowest BCUT2D eigenvalue weighted by Crippen LogP contribution is -2.15. The van der Waals surface area contributed by atoms with Crippen molar-refractivity contribution >= 4 is 21.5 Å². The van der Waals surface area contributed by atoms with Gasteiger partial charge in [-0.25, -0.2) is 4.98 Å². The van der Waals surface area contributed by atoms with Crippen LogP contribution in [-0.4, -0.2) is 23.6 Å². The molecule has 0 fully saturated rings. The normalized spacial score (nSPS) is 11.2. The number of anilines is 2. The molecule has 0 atom stereocenters. The Morgan fingerprint density at radius 2 is 2.12 bits per heavy atom. The Hall–Kier alpha value is -2.09.